The van der Waals surface area contributed by atoms with Gasteiger partial charge in [-0.2, -0.15) is 0 Å². The number of carbonyl (C=O) groups is 1. The predicted octanol–water partition coefficient (Wildman–Crippen LogP) is 3.04. The molecule has 1 heterocycles. The Bertz CT molecular complexity index is 850. The van der Waals surface area contributed by atoms with Crippen LogP contribution in [-0.2, 0) is 0 Å². The van der Waals surface area contributed by atoms with Crippen LogP contribution in [0.2, 0.25) is 0 Å². The van der Waals surface area contributed by atoms with Crippen molar-refractivity contribution in [3.8, 4) is 0 Å². The third kappa shape index (κ3) is 2.24. The molecule has 1 aliphatic heterocycles. The number of benzene rings is 3. The van der Waals surface area contributed by atoms with E-state index in [1.54, 1.807) is 0 Å². The molecule has 110 valence electrons. The van der Waals surface area contributed by atoms with E-state index < -0.39 is 0 Å². The van der Waals surface area contributed by atoms with Crippen LogP contribution in [0, 0.1) is 0 Å². The van der Waals surface area contributed by atoms with E-state index in [0.717, 1.165) is 42.5 Å². The zero-order valence-electron chi connectivity index (χ0n) is 12.4. The van der Waals surface area contributed by atoms with Gasteiger partial charge in [0.1, 0.15) is 0 Å². The predicted molar refractivity (Wildman–Crippen MR) is 90.2 cm³/mol. The van der Waals surface area contributed by atoms with Crippen molar-refractivity contribution in [1.29, 1.82) is 0 Å². The van der Waals surface area contributed by atoms with Crippen molar-refractivity contribution in [2.24, 2.45) is 0 Å². The van der Waals surface area contributed by atoms with Crippen LogP contribution >= 0.6 is 0 Å². The van der Waals surface area contributed by atoms with Crippen molar-refractivity contribution in [1.82, 2.24) is 10.2 Å². The Labute approximate surface area is 129 Å². The first kappa shape index (κ1) is 13.3. The fourth-order valence-electron chi connectivity index (χ4n) is 3.19. The molecule has 0 unspecified atom stereocenters. The van der Waals surface area contributed by atoms with Crippen molar-refractivity contribution in [3.05, 3.63) is 60.2 Å². The summed E-state index contributed by atoms with van der Waals surface area (Å²) in [6.07, 6.45) is 0. The molecule has 1 saturated heterocycles. The Morgan fingerprint density at radius 3 is 2.32 bits per heavy atom. The number of piperazine rings is 1. The maximum Gasteiger partial charge on any atom is 0.254 e. The summed E-state index contributed by atoms with van der Waals surface area (Å²) < 4.78 is 0. The van der Waals surface area contributed by atoms with Crippen LogP contribution in [0.4, 0.5) is 0 Å². The maximum atomic E-state index is 12.8. The van der Waals surface area contributed by atoms with Gasteiger partial charge < -0.3 is 10.2 Å². The molecule has 0 atom stereocenters. The fraction of sp³-hybridized carbons (Fsp3) is 0.211. The van der Waals surface area contributed by atoms with Gasteiger partial charge in [-0.3, -0.25) is 4.79 Å². The molecule has 0 saturated carbocycles. The van der Waals surface area contributed by atoms with E-state index in [9.17, 15) is 4.79 Å². The Balaban J connectivity index is 1.86. The molecule has 1 N–H and O–H groups in total. The van der Waals surface area contributed by atoms with Gasteiger partial charge in [-0.15, -0.1) is 0 Å². The lowest BCUT2D eigenvalue weighted by atomic mass is 9.99. The van der Waals surface area contributed by atoms with E-state index in [1.807, 2.05) is 29.2 Å². The molecule has 1 amide bonds. The Morgan fingerprint density at radius 1 is 0.864 bits per heavy atom. The van der Waals surface area contributed by atoms with Crippen LogP contribution in [0.25, 0.3) is 21.5 Å². The molecule has 3 aromatic carbocycles. The normalized spacial score (nSPS) is 15.4. The zero-order valence-corrected chi connectivity index (χ0v) is 12.4. The SMILES string of the molecule is O=C(c1cccc2cc3ccccc3cc12)N1CCNCC1. The molecule has 3 aromatic rings. The topological polar surface area (TPSA) is 32.3 Å². The molecule has 0 spiro atoms. The van der Waals surface area contributed by atoms with Crippen molar-refractivity contribution in [2.45, 2.75) is 0 Å². The van der Waals surface area contributed by atoms with Gasteiger partial charge in [0.2, 0.25) is 0 Å². The molecule has 0 bridgehead atoms. The van der Waals surface area contributed by atoms with Crippen molar-refractivity contribution in [3.63, 3.8) is 0 Å². The molecule has 0 radical (unpaired) electrons. The fourth-order valence-corrected chi connectivity index (χ4v) is 3.19. The summed E-state index contributed by atoms with van der Waals surface area (Å²) in [6.45, 7) is 3.31. The summed E-state index contributed by atoms with van der Waals surface area (Å²) in [5.41, 5.74) is 0.810. The number of rotatable bonds is 1. The molecule has 3 heteroatoms. The highest BCUT2D eigenvalue weighted by atomic mass is 16.2. The third-order valence-corrected chi connectivity index (χ3v) is 4.38. The van der Waals surface area contributed by atoms with E-state index in [0.29, 0.717) is 0 Å². The monoisotopic (exact) mass is 290 g/mol. The Morgan fingerprint density at radius 2 is 1.55 bits per heavy atom. The van der Waals surface area contributed by atoms with Gasteiger partial charge in [0, 0.05) is 31.7 Å². The lowest BCUT2D eigenvalue weighted by Crippen LogP contribution is -2.46. The van der Waals surface area contributed by atoms with Gasteiger partial charge in [-0.1, -0.05) is 36.4 Å². The van der Waals surface area contributed by atoms with Crippen LogP contribution < -0.4 is 5.32 Å². The van der Waals surface area contributed by atoms with E-state index in [2.05, 4.69) is 35.6 Å². The first-order valence-electron chi connectivity index (χ1n) is 7.74. The molecular formula is C19H18N2O. The highest BCUT2D eigenvalue weighted by Crippen LogP contribution is 2.26. The first-order chi connectivity index (χ1) is 10.8. The minimum absolute atomic E-state index is 0.141. The molecule has 4 rings (SSSR count). The van der Waals surface area contributed by atoms with Crippen molar-refractivity contribution in [2.75, 3.05) is 26.2 Å². The van der Waals surface area contributed by atoms with Crippen LogP contribution in [0.1, 0.15) is 10.4 Å². The lowest BCUT2D eigenvalue weighted by molar-refractivity contribution is 0.0738. The lowest BCUT2D eigenvalue weighted by Gasteiger charge is -2.28. The number of amides is 1. The Kier molecular flexibility index (Phi) is 3.28. The third-order valence-electron chi connectivity index (χ3n) is 4.38. The highest BCUT2D eigenvalue weighted by Gasteiger charge is 2.19. The minimum atomic E-state index is 0.141. The summed E-state index contributed by atoms with van der Waals surface area (Å²) in [5, 5.41) is 7.85. The Hall–Kier alpha value is -2.39. The largest absolute Gasteiger partial charge is 0.336 e. The second kappa shape index (κ2) is 5.43. The summed E-state index contributed by atoms with van der Waals surface area (Å²) >= 11 is 0. The smallest absolute Gasteiger partial charge is 0.254 e. The molecule has 0 aromatic heterocycles. The van der Waals surface area contributed by atoms with E-state index >= 15 is 0 Å². The second-order valence-corrected chi connectivity index (χ2v) is 5.77. The maximum absolute atomic E-state index is 12.8. The number of hydrogen-bond donors (Lipinski definition) is 1. The number of carbonyl (C=O) groups excluding carboxylic acids is 1. The van der Waals surface area contributed by atoms with Crippen molar-refractivity contribution < 1.29 is 4.79 Å². The van der Waals surface area contributed by atoms with E-state index in [4.69, 9.17) is 0 Å². The van der Waals surface area contributed by atoms with Gasteiger partial charge >= 0.3 is 0 Å². The quantitative estimate of drug-likeness (QED) is 0.699. The van der Waals surface area contributed by atoms with Gasteiger partial charge in [0.05, 0.1) is 0 Å². The van der Waals surface area contributed by atoms with Gasteiger partial charge in [0.15, 0.2) is 0 Å². The summed E-state index contributed by atoms with van der Waals surface area (Å²) in [5.74, 6) is 0.141. The molecule has 22 heavy (non-hydrogen) atoms. The number of nitrogens with one attached hydrogen (secondary N) is 1. The molecule has 1 fully saturated rings. The molecule has 0 aliphatic carbocycles. The van der Waals surface area contributed by atoms with Gasteiger partial charge in [-0.25, -0.2) is 0 Å². The summed E-state index contributed by atoms with van der Waals surface area (Å²) in [6, 6.07) is 18.6. The zero-order chi connectivity index (χ0) is 14.9. The highest BCUT2D eigenvalue weighted by molar-refractivity contribution is 6.10. The number of fused-ring (bicyclic) bond motifs is 2. The number of nitrogens with zero attached hydrogens (tertiary/aromatic N) is 1. The second-order valence-electron chi connectivity index (χ2n) is 5.77. The average Bonchev–Trinajstić information content (AvgIpc) is 2.59. The van der Waals surface area contributed by atoms with Gasteiger partial charge in [0.25, 0.3) is 5.91 Å². The molecular weight excluding hydrogens is 272 g/mol. The van der Waals surface area contributed by atoms with Gasteiger partial charge in [-0.05, 0) is 39.7 Å². The van der Waals surface area contributed by atoms with E-state index in [-0.39, 0.29) is 5.91 Å². The minimum Gasteiger partial charge on any atom is -0.336 e. The molecule has 1 aliphatic rings. The average molecular weight is 290 g/mol. The van der Waals surface area contributed by atoms with E-state index in [1.165, 1.54) is 10.8 Å². The first-order valence-corrected chi connectivity index (χ1v) is 7.74. The van der Waals surface area contributed by atoms with Crippen LogP contribution in [0.15, 0.2) is 54.6 Å². The standard InChI is InChI=1S/C19H18N2O/c22-19(21-10-8-20-9-11-21)17-7-3-6-16-12-14-4-1-2-5-15(14)13-18(16)17/h1-7,12-13,20H,8-11H2. The van der Waals surface area contributed by atoms with Crippen LogP contribution in [-0.4, -0.2) is 37.0 Å². The van der Waals surface area contributed by atoms with Crippen LogP contribution in [0.3, 0.4) is 0 Å². The molecule has 3 nitrogen and oxygen atoms in total. The van der Waals surface area contributed by atoms with Crippen molar-refractivity contribution >= 4 is 27.5 Å². The summed E-state index contributed by atoms with van der Waals surface area (Å²) in [4.78, 5) is 14.8. The number of hydrogen-bond acceptors (Lipinski definition) is 2. The van der Waals surface area contributed by atoms with Crippen LogP contribution in [0.5, 0.6) is 0 Å². The summed E-state index contributed by atoms with van der Waals surface area (Å²) in [7, 11) is 0.